The van der Waals surface area contributed by atoms with Gasteiger partial charge in [-0.2, -0.15) is 8.76 Å². The molecule has 0 saturated heterocycles. The third-order valence-corrected chi connectivity index (χ3v) is 4.08. The molecule has 1 atom stereocenters. The molecule has 0 amide bonds. The maximum Gasteiger partial charge on any atom is 0.232 e. The summed E-state index contributed by atoms with van der Waals surface area (Å²) in [4.78, 5) is 0. The predicted octanol–water partition coefficient (Wildman–Crippen LogP) is 4.54. The number of unbranched alkanes of at least 4 members (excludes halogenated alkanes) is 1. The van der Waals surface area contributed by atoms with E-state index in [1.165, 1.54) is 0 Å². The van der Waals surface area contributed by atoms with Crippen LogP contribution >= 0.6 is 11.5 Å². The molecule has 2 nitrogen and oxygen atoms in total. The van der Waals surface area contributed by atoms with Gasteiger partial charge in [-0.25, -0.2) is 0 Å². The number of methoxy groups -OCH3 is 1. The van der Waals surface area contributed by atoms with Gasteiger partial charge in [-0.3, -0.25) is 0 Å². The van der Waals surface area contributed by atoms with Crippen molar-refractivity contribution in [3.8, 4) is 5.06 Å². The molecule has 4 heteroatoms. The predicted molar refractivity (Wildman–Crippen MR) is 70.4 cm³/mol. The van der Waals surface area contributed by atoms with Crippen LogP contribution in [0.3, 0.4) is 0 Å². The third kappa shape index (κ3) is 3.18. The lowest BCUT2D eigenvalue weighted by Gasteiger charge is -2.29. The van der Waals surface area contributed by atoms with Gasteiger partial charge in [0.15, 0.2) is 5.06 Å². The van der Waals surface area contributed by atoms with E-state index in [0.717, 1.165) is 43.6 Å². The molecule has 17 heavy (non-hydrogen) atoms. The van der Waals surface area contributed by atoms with Gasteiger partial charge in [0.25, 0.3) is 0 Å². The fraction of sp³-hybridized carbons (Fsp3) is 0.769. The maximum absolute atomic E-state index is 13.9. The molecule has 0 saturated carbocycles. The summed E-state index contributed by atoms with van der Waals surface area (Å²) in [5.41, 5.74) is 0.535. The van der Waals surface area contributed by atoms with Crippen LogP contribution in [0.15, 0.2) is 0 Å². The van der Waals surface area contributed by atoms with Crippen molar-refractivity contribution in [2.75, 3.05) is 7.11 Å². The van der Waals surface area contributed by atoms with Crippen molar-refractivity contribution in [2.45, 2.75) is 58.3 Å². The van der Waals surface area contributed by atoms with E-state index in [-0.39, 0.29) is 11.4 Å². The fourth-order valence-corrected chi connectivity index (χ4v) is 3.14. The Morgan fingerprint density at radius 2 is 2.00 bits per heavy atom. The van der Waals surface area contributed by atoms with Gasteiger partial charge >= 0.3 is 0 Å². The molecule has 0 radical (unpaired) electrons. The number of aromatic nitrogens is 1. The first-order chi connectivity index (χ1) is 8.09. The van der Waals surface area contributed by atoms with Gasteiger partial charge < -0.3 is 4.74 Å². The Kier molecular flexibility index (Phi) is 5.37. The van der Waals surface area contributed by atoms with Crippen LogP contribution in [-0.4, -0.2) is 11.5 Å². The zero-order valence-corrected chi connectivity index (χ0v) is 12.0. The molecule has 1 aromatic rings. The second kappa shape index (κ2) is 6.34. The zero-order chi connectivity index (χ0) is 12.9. The zero-order valence-electron chi connectivity index (χ0n) is 11.2. The van der Waals surface area contributed by atoms with E-state index in [1.807, 2.05) is 0 Å². The highest BCUT2D eigenvalue weighted by atomic mass is 32.1. The lowest BCUT2D eigenvalue weighted by molar-refractivity contribution is 0.340. The van der Waals surface area contributed by atoms with Crippen molar-refractivity contribution in [3.63, 3.8) is 0 Å². The van der Waals surface area contributed by atoms with Crippen molar-refractivity contribution < 1.29 is 9.13 Å². The first kappa shape index (κ1) is 14.4. The monoisotopic (exact) mass is 259 g/mol. The van der Waals surface area contributed by atoms with E-state index in [9.17, 15) is 4.39 Å². The standard InChI is InChI=1S/C13H22FNOS/c1-5-7-9-13(3,8-6-2)10-11(14)15-17-12(10)16-4/h5-9H2,1-4H3. The molecule has 1 unspecified atom stereocenters. The van der Waals surface area contributed by atoms with Gasteiger partial charge in [0.2, 0.25) is 5.95 Å². The van der Waals surface area contributed by atoms with Crippen molar-refractivity contribution in [1.82, 2.24) is 4.37 Å². The third-order valence-electron chi connectivity index (χ3n) is 3.29. The minimum absolute atomic E-state index is 0.146. The molecule has 1 aromatic heterocycles. The largest absolute Gasteiger partial charge is 0.486 e. The van der Waals surface area contributed by atoms with Gasteiger partial charge in [0, 0.05) is 16.9 Å². The lowest BCUT2D eigenvalue weighted by Crippen LogP contribution is -2.23. The molecule has 1 rings (SSSR count). The molecule has 0 aromatic carbocycles. The molecular formula is C13H22FNOS. The molecule has 0 spiro atoms. The smallest absolute Gasteiger partial charge is 0.232 e. The molecule has 1 heterocycles. The Labute approximate surface area is 107 Å². The Hall–Kier alpha value is -0.640. The summed E-state index contributed by atoms with van der Waals surface area (Å²) in [6.07, 6.45) is 5.23. The van der Waals surface area contributed by atoms with Crippen LogP contribution in [0, 0.1) is 5.95 Å². The summed E-state index contributed by atoms with van der Waals surface area (Å²) in [5.74, 6) is -0.348. The van der Waals surface area contributed by atoms with Crippen molar-refractivity contribution >= 4 is 11.5 Å². The van der Waals surface area contributed by atoms with Crippen LogP contribution in [0.25, 0.3) is 0 Å². The summed E-state index contributed by atoms with van der Waals surface area (Å²) < 4.78 is 22.9. The minimum Gasteiger partial charge on any atom is -0.486 e. The molecular weight excluding hydrogens is 237 g/mol. The molecule has 0 aliphatic carbocycles. The Morgan fingerprint density at radius 1 is 1.29 bits per heavy atom. The first-order valence-corrected chi connectivity index (χ1v) is 7.06. The lowest BCUT2D eigenvalue weighted by atomic mass is 9.76. The molecule has 0 aliphatic rings. The second-order valence-electron chi connectivity index (χ2n) is 4.75. The van der Waals surface area contributed by atoms with Crippen molar-refractivity contribution in [2.24, 2.45) is 0 Å². The van der Waals surface area contributed by atoms with E-state index in [2.05, 4.69) is 25.1 Å². The molecule has 0 N–H and O–H groups in total. The number of hydrogen-bond acceptors (Lipinski definition) is 3. The van der Waals surface area contributed by atoms with Crippen LogP contribution in [0.5, 0.6) is 5.06 Å². The van der Waals surface area contributed by atoms with E-state index in [1.54, 1.807) is 7.11 Å². The van der Waals surface area contributed by atoms with E-state index >= 15 is 0 Å². The summed E-state index contributed by atoms with van der Waals surface area (Å²) in [7, 11) is 1.59. The van der Waals surface area contributed by atoms with E-state index in [0.29, 0.717) is 10.6 Å². The molecule has 0 fully saturated rings. The quantitative estimate of drug-likeness (QED) is 0.717. The van der Waals surface area contributed by atoms with Gasteiger partial charge in [-0.05, 0) is 12.8 Å². The average Bonchev–Trinajstić information content (AvgIpc) is 2.69. The van der Waals surface area contributed by atoms with Crippen molar-refractivity contribution in [1.29, 1.82) is 0 Å². The first-order valence-electron chi connectivity index (χ1n) is 6.28. The maximum atomic E-state index is 13.9. The van der Waals surface area contributed by atoms with Gasteiger partial charge in [0.1, 0.15) is 0 Å². The van der Waals surface area contributed by atoms with Gasteiger partial charge in [0.05, 0.1) is 12.7 Å². The highest BCUT2D eigenvalue weighted by Gasteiger charge is 2.33. The number of hydrogen-bond donors (Lipinski definition) is 0. The fourth-order valence-electron chi connectivity index (χ4n) is 2.39. The van der Waals surface area contributed by atoms with Crippen LogP contribution in [-0.2, 0) is 5.41 Å². The van der Waals surface area contributed by atoms with Crippen LogP contribution in [0.2, 0.25) is 0 Å². The minimum atomic E-state index is -0.348. The van der Waals surface area contributed by atoms with Crippen molar-refractivity contribution in [3.05, 3.63) is 11.5 Å². The Balaban J connectivity index is 3.06. The van der Waals surface area contributed by atoms with E-state index < -0.39 is 0 Å². The molecule has 0 bridgehead atoms. The van der Waals surface area contributed by atoms with E-state index in [4.69, 9.17) is 4.74 Å². The Bertz CT molecular complexity index is 353. The summed E-state index contributed by atoms with van der Waals surface area (Å²) in [6.45, 7) is 6.42. The van der Waals surface area contributed by atoms with Gasteiger partial charge in [-0.15, -0.1) is 0 Å². The summed E-state index contributed by atoms with van der Waals surface area (Å²) >= 11 is 1.12. The molecule has 0 aliphatic heterocycles. The topological polar surface area (TPSA) is 22.1 Å². The Morgan fingerprint density at radius 3 is 2.53 bits per heavy atom. The number of halogens is 1. The second-order valence-corrected chi connectivity index (χ2v) is 5.49. The molecule has 98 valence electrons. The van der Waals surface area contributed by atoms with Crippen LogP contribution < -0.4 is 4.74 Å². The number of nitrogens with zero attached hydrogens (tertiary/aromatic N) is 1. The number of ether oxygens (including phenoxy) is 1. The van der Waals surface area contributed by atoms with Gasteiger partial charge in [-0.1, -0.05) is 40.0 Å². The highest BCUT2D eigenvalue weighted by Crippen LogP contribution is 2.42. The average molecular weight is 259 g/mol. The normalized spacial score (nSPS) is 14.6. The highest BCUT2D eigenvalue weighted by molar-refractivity contribution is 7.07. The van der Waals surface area contributed by atoms with Crippen LogP contribution in [0.1, 0.15) is 58.4 Å². The summed E-state index contributed by atoms with van der Waals surface area (Å²) in [5, 5.41) is 0.634. The number of rotatable bonds is 7. The summed E-state index contributed by atoms with van der Waals surface area (Å²) in [6, 6.07) is 0. The van der Waals surface area contributed by atoms with Crippen LogP contribution in [0.4, 0.5) is 4.39 Å². The SMILES string of the molecule is CCCCC(C)(CCC)c1c(F)nsc1OC.